The van der Waals surface area contributed by atoms with Crippen LogP contribution in [0.25, 0.3) is 0 Å². The number of carboxylic acids is 2. The first-order chi connectivity index (χ1) is 24.2. The first-order valence-electron chi connectivity index (χ1n) is 19.5. The highest BCUT2D eigenvalue weighted by molar-refractivity contribution is 9.09. The van der Waals surface area contributed by atoms with Gasteiger partial charge < -0.3 is 19.9 Å². The molecule has 0 amide bonds. The molecule has 1 aromatic rings. The normalized spacial score (nSPS) is 11.8. The van der Waals surface area contributed by atoms with E-state index in [9.17, 15) is 19.8 Å². The minimum Gasteiger partial charge on any atom is -0.481 e. The quantitative estimate of drug-likeness (QED) is 0.0336. The van der Waals surface area contributed by atoms with Crippen LogP contribution in [0.5, 0.6) is 0 Å². The lowest BCUT2D eigenvalue weighted by Gasteiger charge is -2.17. The van der Waals surface area contributed by atoms with Crippen molar-refractivity contribution in [3.8, 4) is 23.7 Å². The van der Waals surface area contributed by atoms with Gasteiger partial charge >= 0.3 is 11.9 Å². The van der Waals surface area contributed by atoms with E-state index in [-0.39, 0.29) is 12.1 Å². The van der Waals surface area contributed by atoms with Crippen LogP contribution < -0.4 is 0 Å². The van der Waals surface area contributed by atoms with E-state index in [0.29, 0.717) is 23.7 Å². The molecular formula is C41H69BrN2O5S. The molecule has 0 bridgehead atoms. The maximum atomic E-state index is 11.5. The first kappa shape index (κ1) is 48.1. The fourth-order valence-electron chi connectivity index (χ4n) is 5.66. The van der Waals surface area contributed by atoms with Crippen LogP contribution in [0.1, 0.15) is 191 Å². The number of aliphatic hydroxyl groups excluding tert-OH is 1. The Kier molecular flexibility index (Phi) is 32.8. The van der Waals surface area contributed by atoms with Crippen LogP contribution in [0, 0.1) is 30.6 Å². The second kappa shape index (κ2) is 34.2. The number of halogens is 1. The molecule has 0 aliphatic rings. The van der Waals surface area contributed by atoms with Gasteiger partial charge in [0.05, 0.1) is 22.4 Å². The van der Waals surface area contributed by atoms with Crippen molar-refractivity contribution in [3.05, 3.63) is 11.4 Å². The fourth-order valence-corrected chi connectivity index (χ4v) is 6.95. The third-order valence-electron chi connectivity index (χ3n) is 8.65. The van der Waals surface area contributed by atoms with Crippen LogP contribution >= 0.6 is 27.7 Å². The Hall–Kier alpha value is -1.94. The van der Waals surface area contributed by atoms with Crippen molar-refractivity contribution < 1.29 is 24.9 Å². The number of rotatable bonds is 28. The van der Waals surface area contributed by atoms with Crippen molar-refractivity contribution in [1.82, 2.24) is 9.55 Å². The molecule has 1 heterocycles. The van der Waals surface area contributed by atoms with Gasteiger partial charge in [-0.15, -0.1) is 11.8 Å². The Morgan fingerprint density at radius 1 is 0.740 bits per heavy atom. The summed E-state index contributed by atoms with van der Waals surface area (Å²) in [5.74, 6) is 10.6. The predicted octanol–water partition coefficient (Wildman–Crippen LogP) is 11.5. The minimum atomic E-state index is -1.05. The minimum absolute atomic E-state index is 0.00878. The van der Waals surface area contributed by atoms with E-state index in [2.05, 4.69) is 58.4 Å². The molecule has 286 valence electrons. The lowest BCUT2D eigenvalue weighted by Crippen LogP contribution is -2.22. The zero-order valence-electron chi connectivity index (χ0n) is 31.9. The molecule has 9 heteroatoms. The van der Waals surface area contributed by atoms with E-state index in [1.54, 1.807) is 14.0 Å². The number of aryl methyl sites for hydroxylation is 1. The summed E-state index contributed by atoms with van der Waals surface area (Å²) in [5, 5.41) is 29.7. The lowest BCUT2D eigenvalue weighted by atomic mass is 10.1. The molecular weight excluding hydrogens is 712 g/mol. The van der Waals surface area contributed by atoms with Crippen molar-refractivity contribution in [3.63, 3.8) is 0 Å². The first-order valence-corrected chi connectivity index (χ1v) is 21.5. The highest BCUT2D eigenvalue weighted by atomic mass is 79.9. The predicted molar refractivity (Wildman–Crippen MR) is 214 cm³/mol. The van der Waals surface area contributed by atoms with Gasteiger partial charge in [-0.1, -0.05) is 169 Å². The Balaban J connectivity index is 0.00000126. The highest BCUT2D eigenvalue weighted by Gasteiger charge is 2.24. The van der Waals surface area contributed by atoms with E-state index in [4.69, 9.17) is 5.11 Å². The molecule has 3 N–H and O–H groups in total. The van der Waals surface area contributed by atoms with Crippen LogP contribution in [0.2, 0.25) is 0 Å². The summed E-state index contributed by atoms with van der Waals surface area (Å²) in [7, 11) is 1.64. The van der Waals surface area contributed by atoms with Crippen LogP contribution in [0.3, 0.4) is 0 Å². The molecule has 50 heavy (non-hydrogen) atoms. The number of carboxylic acid groups (broad SMARTS) is 2. The molecule has 0 aliphatic carbocycles. The molecule has 0 fully saturated rings. The average Bonchev–Trinajstić information content (AvgIpc) is 3.37. The second-order valence-corrected chi connectivity index (χ2v) is 14.9. The van der Waals surface area contributed by atoms with Crippen molar-refractivity contribution in [2.75, 3.05) is 5.33 Å². The summed E-state index contributed by atoms with van der Waals surface area (Å²) >= 11 is 4.54. The molecule has 2 unspecified atom stereocenters. The fraction of sp³-hybridized carbons (Fsp3) is 0.780. The third-order valence-corrected chi connectivity index (χ3v) is 10.2. The van der Waals surface area contributed by atoms with Crippen molar-refractivity contribution in [1.29, 1.82) is 0 Å². The average molecular weight is 782 g/mol. The number of unbranched alkanes of at least 4 members (excludes halogenated alkanes) is 20. The lowest BCUT2D eigenvalue weighted by molar-refractivity contribution is -0.137. The molecule has 0 saturated heterocycles. The summed E-state index contributed by atoms with van der Waals surface area (Å²) in [6.45, 7) is 6.15. The molecule has 0 radical (unpaired) electrons. The number of carbonyl (C=O) groups is 2. The smallest absolute Gasteiger partial charge is 0.354 e. The van der Waals surface area contributed by atoms with E-state index in [0.717, 1.165) is 31.0 Å². The number of alkyl halides is 1. The summed E-state index contributed by atoms with van der Waals surface area (Å²) in [6.07, 6.45) is 28.3. The van der Waals surface area contributed by atoms with Crippen molar-refractivity contribution in [2.24, 2.45) is 7.05 Å². The highest BCUT2D eigenvalue weighted by Crippen LogP contribution is 2.28. The summed E-state index contributed by atoms with van der Waals surface area (Å²) in [6, 6.07) is 0. The Bertz CT molecular complexity index is 1130. The van der Waals surface area contributed by atoms with Crippen LogP contribution in [-0.2, 0) is 11.8 Å². The van der Waals surface area contributed by atoms with Crippen LogP contribution in [0.15, 0.2) is 5.16 Å². The maximum absolute atomic E-state index is 11.5. The Morgan fingerprint density at radius 2 is 1.20 bits per heavy atom. The van der Waals surface area contributed by atoms with Gasteiger partial charge in [-0.05, 0) is 32.6 Å². The molecule has 0 spiro atoms. The number of hydrogen-bond donors (Lipinski definition) is 3. The Labute approximate surface area is 318 Å². The van der Waals surface area contributed by atoms with Gasteiger partial charge in [0.1, 0.15) is 0 Å². The summed E-state index contributed by atoms with van der Waals surface area (Å²) in [4.78, 5) is 26.6. The summed E-state index contributed by atoms with van der Waals surface area (Å²) in [5.41, 5.74) is 0.523. The maximum Gasteiger partial charge on any atom is 0.354 e. The zero-order valence-corrected chi connectivity index (χ0v) is 34.3. The van der Waals surface area contributed by atoms with E-state index in [1.165, 1.54) is 132 Å². The molecule has 2 atom stereocenters. The molecule has 0 aliphatic heterocycles. The molecule has 7 nitrogen and oxygen atoms in total. The Morgan fingerprint density at radius 3 is 1.62 bits per heavy atom. The number of aromatic carboxylic acids is 1. The monoisotopic (exact) mass is 780 g/mol. The topological polar surface area (TPSA) is 113 Å². The van der Waals surface area contributed by atoms with E-state index in [1.807, 2.05) is 0 Å². The molecule has 0 saturated carbocycles. The van der Waals surface area contributed by atoms with E-state index < -0.39 is 23.3 Å². The number of hydrogen-bond acceptors (Lipinski definition) is 5. The number of aliphatic carboxylic acids is 1. The number of thioether (sulfide) groups is 1. The zero-order chi connectivity index (χ0) is 37.2. The molecule has 1 rings (SSSR count). The van der Waals surface area contributed by atoms with Crippen molar-refractivity contribution >= 4 is 39.6 Å². The van der Waals surface area contributed by atoms with Crippen molar-refractivity contribution in [2.45, 2.75) is 198 Å². The van der Waals surface area contributed by atoms with Gasteiger partial charge in [-0.2, -0.15) is 0 Å². The number of aliphatic hydroxyl groups is 1. The summed E-state index contributed by atoms with van der Waals surface area (Å²) < 4.78 is 1.50. The van der Waals surface area contributed by atoms with Gasteiger partial charge in [0.2, 0.25) is 0 Å². The molecule has 1 aromatic heterocycles. The van der Waals surface area contributed by atoms with E-state index >= 15 is 0 Å². The number of aromatic nitrogens is 2. The van der Waals surface area contributed by atoms with Crippen LogP contribution in [-0.4, -0.2) is 53.5 Å². The standard InChI is InChI=1S/C26H42N2O5S.C15H27Br/c1-4-5-6-7-8-9-10-11-12-13-14-15-18-22(21(29)17-16-19-23(30)31)34-26-27-20(2)24(25(32)33)28(26)3;1-2-3-4-5-6-7-8-9-10-11-12-13-14-15-16/h21-22,29H,4-14,16-17,19H2,1-3H3,(H,30,31)(H,32,33);2-12,15H2,1H3. The second-order valence-electron chi connectivity index (χ2n) is 13.3. The van der Waals surface area contributed by atoms with Gasteiger partial charge in [0, 0.05) is 26.3 Å². The third kappa shape index (κ3) is 26.8. The van der Waals surface area contributed by atoms with Gasteiger partial charge in [0.25, 0.3) is 0 Å². The number of imidazole rings is 1. The van der Waals surface area contributed by atoms with Gasteiger partial charge in [0.15, 0.2) is 10.9 Å². The SMILES string of the molecule is CCCCCCCCCCCCC#CC(Sc1nc(C)c(C(=O)O)n1C)C(O)CCCC(=O)O.CCCCCCCCCCCCC#CCBr. The van der Waals surface area contributed by atoms with Gasteiger partial charge in [-0.3, -0.25) is 4.79 Å². The van der Waals surface area contributed by atoms with Crippen LogP contribution in [0.4, 0.5) is 0 Å². The largest absolute Gasteiger partial charge is 0.481 e. The molecule has 0 aromatic carbocycles. The van der Waals surface area contributed by atoms with Gasteiger partial charge in [-0.25, -0.2) is 9.78 Å². The number of nitrogens with zero attached hydrogens (tertiary/aromatic N) is 2.